The maximum Gasteiger partial charge on any atom is 0.263 e. The number of nitrogens with zero attached hydrogens (tertiary/aromatic N) is 1. The van der Waals surface area contributed by atoms with Crippen LogP contribution in [0.15, 0.2) is 42.5 Å². The van der Waals surface area contributed by atoms with Crippen LogP contribution in [0.4, 0.5) is 5.69 Å². The normalized spacial score (nSPS) is 15.0. The van der Waals surface area contributed by atoms with Gasteiger partial charge >= 0.3 is 0 Å². The van der Waals surface area contributed by atoms with Crippen molar-refractivity contribution in [3.05, 3.63) is 47.3 Å². The van der Waals surface area contributed by atoms with Crippen LogP contribution in [-0.4, -0.2) is 16.9 Å². The molecule has 1 aliphatic carbocycles. The summed E-state index contributed by atoms with van der Waals surface area (Å²) in [5.74, 6) is -0.0661. The topological polar surface area (TPSA) is 68.0 Å². The number of nitrogens with two attached hydrogens (primary N) is 1. The molecule has 3 aromatic rings. The third-order valence-corrected chi connectivity index (χ3v) is 5.67. The van der Waals surface area contributed by atoms with E-state index < -0.39 is 0 Å². The molecule has 2 aromatic heterocycles. The third-order valence-electron chi connectivity index (χ3n) is 4.56. The second kappa shape index (κ2) is 6.24. The Hall–Kier alpha value is -2.40. The van der Waals surface area contributed by atoms with Gasteiger partial charge in [0, 0.05) is 17.0 Å². The van der Waals surface area contributed by atoms with Crippen molar-refractivity contribution >= 4 is 33.1 Å². The highest BCUT2D eigenvalue weighted by Gasteiger charge is 2.22. The molecule has 0 aliphatic heterocycles. The monoisotopic (exact) mass is 337 g/mol. The van der Waals surface area contributed by atoms with Gasteiger partial charge in [-0.1, -0.05) is 43.2 Å². The van der Waals surface area contributed by atoms with E-state index >= 15 is 0 Å². The van der Waals surface area contributed by atoms with Crippen molar-refractivity contribution in [3.8, 4) is 11.3 Å². The molecule has 2 heterocycles. The van der Waals surface area contributed by atoms with Gasteiger partial charge in [0.2, 0.25) is 0 Å². The highest BCUT2D eigenvalue weighted by Crippen LogP contribution is 2.34. The maximum atomic E-state index is 12.5. The van der Waals surface area contributed by atoms with E-state index in [0.29, 0.717) is 10.6 Å². The number of amides is 1. The average molecular weight is 337 g/mol. The zero-order chi connectivity index (χ0) is 16.5. The van der Waals surface area contributed by atoms with Gasteiger partial charge in [-0.05, 0) is 25.0 Å². The zero-order valence-electron chi connectivity index (χ0n) is 13.3. The molecule has 4 rings (SSSR count). The first-order valence-corrected chi connectivity index (χ1v) is 9.09. The highest BCUT2D eigenvalue weighted by atomic mass is 32.1. The van der Waals surface area contributed by atoms with Gasteiger partial charge in [0.1, 0.15) is 9.71 Å². The Balaban J connectivity index is 1.67. The summed E-state index contributed by atoms with van der Waals surface area (Å²) in [6.07, 6.45) is 4.50. The number of anilines is 1. The first kappa shape index (κ1) is 15.1. The lowest BCUT2D eigenvalue weighted by molar-refractivity contribution is 0.0943. The number of nitrogen functional groups attached to an aromatic ring is 1. The molecule has 4 nitrogen and oxygen atoms in total. The van der Waals surface area contributed by atoms with Crippen molar-refractivity contribution in [2.24, 2.45) is 0 Å². The molecule has 0 saturated heterocycles. The maximum absolute atomic E-state index is 12.5. The molecule has 1 aromatic carbocycles. The molecule has 0 unspecified atom stereocenters. The molecular weight excluding hydrogens is 318 g/mol. The van der Waals surface area contributed by atoms with E-state index in [0.717, 1.165) is 34.3 Å². The number of hydrogen-bond donors (Lipinski definition) is 2. The summed E-state index contributed by atoms with van der Waals surface area (Å²) in [6, 6.07) is 14.2. The van der Waals surface area contributed by atoms with Crippen molar-refractivity contribution < 1.29 is 4.79 Å². The number of thiophene rings is 1. The van der Waals surface area contributed by atoms with Crippen LogP contribution in [0, 0.1) is 0 Å². The predicted octanol–water partition coefficient (Wildman–Crippen LogP) is 4.22. The van der Waals surface area contributed by atoms with Crippen LogP contribution in [0.5, 0.6) is 0 Å². The molecule has 0 radical (unpaired) electrons. The summed E-state index contributed by atoms with van der Waals surface area (Å²) in [5, 5.41) is 3.96. The number of nitrogens with one attached hydrogen (secondary N) is 1. The van der Waals surface area contributed by atoms with Crippen LogP contribution >= 0.6 is 11.3 Å². The molecule has 1 amide bonds. The number of aromatic nitrogens is 1. The molecule has 1 aliphatic rings. The van der Waals surface area contributed by atoms with Crippen LogP contribution in [0.25, 0.3) is 21.5 Å². The number of fused-ring (bicyclic) bond motifs is 1. The minimum atomic E-state index is -0.0661. The number of carbonyl (C=O) groups is 1. The Morgan fingerprint density at radius 2 is 1.88 bits per heavy atom. The smallest absolute Gasteiger partial charge is 0.263 e. The van der Waals surface area contributed by atoms with E-state index in [1.807, 2.05) is 42.5 Å². The second-order valence-corrected chi connectivity index (χ2v) is 7.21. The SMILES string of the molecule is Nc1c(C(=O)NC2CCCC2)sc2nc(-c3ccccc3)ccc12. The quantitative estimate of drug-likeness (QED) is 0.752. The van der Waals surface area contributed by atoms with Gasteiger partial charge in [-0.15, -0.1) is 11.3 Å². The standard InChI is InChI=1S/C19H19N3OS/c20-16-14-10-11-15(12-6-2-1-3-7-12)22-19(14)24-17(16)18(23)21-13-8-4-5-9-13/h1-3,6-7,10-11,13H,4-5,8-9,20H2,(H,21,23). The first-order chi connectivity index (χ1) is 11.7. The summed E-state index contributed by atoms with van der Waals surface area (Å²) in [4.78, 5) is 18.6. The lowest BCUT2D eigenvalue weighted by Gasteiger charge is -2.10. The Bertz CT molecular complexity index is 882. The summed E-state index contributed by atoms with van der Waals surface area (Å²) in [6.45, 7) is 0. The van der Waals surface area contributed by atoms with Gasteiger partial charge in [-0.3, -0.25) is 4.79 Å². The van der Waals surface area contributed by atoms with Gasteiger partial charge in [0.15, 0.2) is 0 Å². The van der Waals surface area contributed by atoms with E-state index in [9.17, 15) is 4.79 Å². The summed E-state index contributed by atoms with van der Waals surface area (Å²) in [7, 11) is 0. The molecule has 3 N–H and O–H groups in total. The molecular formula is C19H19N3OS. The second-order valence-electron chi connectivity index (χ2n) is 6.21. The van der Waals surface area contributed by atoms with E-state index in [-0.39, 0.29) is 11.9 Å². The van der Waals surface area contributed by atoms with Crippen LogP contribution in [0.3, 0.4) is 0 Å². The van der Waals surface area contributed by atoms with Crippen molar-refractivity contribution in [2.75, 3.05) is 5.73 Å². The van der Waals surface area contributed by atoms with Gasteiger partial charge in [0.25, 0.3) is 5.91 Å². The largest absolute Gasteiger partial charge is 0.397 e. The summed E-state index contributed by atoms with van der Waals surface area (Å²) in [5.41, 5.74) is 8.71. The molecule has 5 heteroatoms. The van der Waals surface area contributed by atoms with Crippen molar-refractivity contribution in [3.63, 3.8) is 0 Å². The zero-order valence-corrected chi connectivity index (χ0v) is 14.1. The summed E-state index contributed by atoms with van der Waals surface area (Å²) >= 11 is 1.38. The van der Waals surface area contributed by atoms with E-state index in [2.05, 4.69) is 5.32 Å². The minimum absolute atomic E-state index is 0.0661. The summed E-state index contributed by atoms with van der Waals surface area (Å²) < 4.78 is 0. The molecule has 0 bridgehead atoms. The van der Waals surface area contributed by atoms with Crippen LogP contribution < -0.4 is 11.1 Å². The fourth-order valence-electron chi connectivity index (χ4n) is 3.26. The Morgan fingerprint density at radius 3 is 2.62 bits per heavy atom. The van der Waals surface area contributed by atoms with Crippen LogP contribution in [-0.2, 0) is 0 Å². The fourth-order valence-corrected chi connectivity index (χ4v) is 4.25. The average Bonchev–Trinajstić information content (AvgIpc) is 3.23. The van der Waals surface area contributed by atoms with E-state index in [1.165, 1.54) is 24.2 Å². The van der Waals surface area contributed by atoms with Crippen molar-refractivity contribution in [1.29, 1.82) is 0 Å². The number of hydrogen-bond acceptors (Lipinski definition) is 4. The van der Waals surface area contributed by atoms with Crippen LogP contribution in [0.2, 0.25) is 0 Å². The predicted molar refractivity (Wildman–Crippen MR) is 99.2 cm³/mol. The van der Waals surface area contributed by atoms with Crippen molar-refractivity contribution in [2.45, 2.75) is 31.7 Å². The molecule has 1 fully saturated rings. The minimum Gasteiger partial charge on any atom is -0.397 e. The van der Waals surface area contributed by atoms with E-state index in [1.54, 1.807) is 0 Å². The first-order valence-electron chi connectivity index (χ1n) is 8.27. The lowest BCUT2D eigenvalue weighted by Crippen LogP contribution is -2.32. The molecule has 0 atom stereocenters. The van der Waals surface area contributed by atoms with E-state index in [4.69, 9.17) is 10.7 Å². The van der Waals surface area contributed by atoms with Gasteiger partial charge in [-0.2, -0.15) is 0 Å². The third kappa shape index (κ3) is 2.76. The van der Waals surface area contributed by atoms with Crippen LogP contribution in [0.1, 0.15) is 35.4 Å². The van der Waals surface area contributed by atoms with Gasteiger partial charge < -0.3 is 11.1 Å². The molecule has 1 saturated carbocycles. The highest BCUT2D eigenvalue weighted by molar-refractivity contribution is 7.21. The Kier molecular flexibility index (Phi) is 3.94. The molecule has 24 heavy (non-hydrogen) atoms. The van der Waals surface area contributed by atoms with Gasteiger partial charge in [-0.25, -0.2) is 4.98 Å². The Morgan fingerprint density at radius 1 is 1.12 bits per heavy atom. The number of pyridine rings is 1. The lowest BCUT2D eigenvalue weighted by atomic mass is 10.1. The number of rotatable bonds is 3. The van der Waals surface area contributed by atoms with Crippen molar-refractivity contribution in [1.82, 2.24) is 10.3 Å². The number of carbonyl (C=O) groups excluding carboxylic acids is 1. The Labute approximate surface area is 144 Å². The molecule has 122 valence electrons. The number of benzene rings is 1. The fraction of sp³-hybridized carbons (Fsp3) is 0.263. The van der Waals surface area contributed by atoms with Gasteiger partial charge in [0.05, 0.1) is 11.4 Å². The molecule has 0 spiro atoms.